The molecule has 2 aromatic heterocycles. The minimum atomic E-state index is -4.55. The lowest BCUT2D eigenvalue weighted by molar-refractivity contribution is -0.137. The molecular formula is C26H19F3N6O2. The number of fused-ring (bicyclic) bond motifs is 1. The number of aryl methyl sites for hydroxylation is 1. The number of azo groups is 1. The lowest BCUT2D eigenvalue weighted by Gasteiger charge is -2.14. The Morgan fingerprint density at radius 3 is 2.65 bits per heavy atom. The number of alkyl halides is 3. The molecule has 1 unspecified atom stereocenters. The zero-order valence-electron chi connectivity index (χ0n) is 19.6. The predicted octanol–water partition coefficient (Wildman–Crippen LogP) is 7.07. The fourth-order valence-corrected chi connectivity index (χ4v) is 3.66. The largest absolute Gasteiger partial charge is 0.437 e. The van der Waals surface area contributed by atoms with E-state index in [0.29, 0.717) is 34.2 Å². The Labute approximate surface area is 209 Å². The number of carbonyl (C=O) groups is 1. The number of pyridine rings is 1. The minimum Gasteiger partial charge on any atom is -0.437 e. The van der Waals surface area contributed by atoms with Gasteiger partial charge in [0.25, 0.3) is 11.8 Å². The van der Waals surface area contributed by atoms with Crippen molar-refractivity contribution in [2.75, 3.05) is 5.32 Å². The van der Waals surface area contributed by atoms with Gasteiger partial charge >= 0.3 is 6.18 Å². The van der Waals surface area contributed by atoms with Gasteiger partial charge in [0.2, 0.25) is 0 Å². The molecule has 1 atom stereocenters. The summed E-state index contributed by atoms with van der Waals surface area (Å²) in [4.78, 5) is 25.9. The van der Waals surface area contributed by atoms with Gasteiger partial charge in [-0.05, 0) is 55.8 Å². The van der Waals surface area contributed by atoms with Crippen LogP contribution in [0.3, 0.4) is 0 Å². The summed E-state index contributed by atoms with van der Waals surface area (Å²) in [6.07, 6.45) is -1.28. The van der Waals surface area contributed by atoms with Crippen LogP contribution in [0.5, 0.6) is 11.6 Å². The molecule has 0 saturated carbocycles. The van der Waals surface area contributed by atoms with Gasteiger partial charge in [-0.25, -0.2) is 4.98 Å². The highest BCUT2D eigenvalue weighted by molar-refractivity contribution is 6.04. The summed E-state index contributed by atoms with van der Waals surface area (Å²) in [6.45, 7) is 3.66. The van der Waals surface area contributed by atoms with Crippen LogP contribution in [0.4, 0.5) is 24.5 Å². The van der Waals surface area contributed by atoms with Gasteiger partial charge in [-0.1, -0.05) is 12.1 Å². The van der Waals surface area contributed by atoms with E-state index < -0.39 is 17.6 Å². The van der Waals surface area contributed by atoms with Crippen LogP contribution >= 0.6 is 0 Å². The van der Waals surface area contributed by atoms with Crippen LogP contribution < -0.4 is 10.1 Å². The summed E-state index contributed by atoms with van der Waals surface area (Å²) >= 11 is 0. The van der Waals surface area contributed by atoms with Gasteiger partial charge in [0.05, 0.1) is 5.56 Å². The zero-order chi connectivity index (χ0) is 26.2. The maximum atomic E-state index is 13.0. The highest BCUT2D eigenvalue weighted by atomic mass is 19.4. The first-order valence-corrected chi connectivity index (χ1v) is 11.2. The molecule has 0 spiro atoms. The van der Waals surface area contributed by atoms with Gasteiger partial charge in [0.1, 0.15) is 17.5 Å². The molecule has 0 aliphatic carbocycles. The Morgan fingerprint density at radius 2 is 1.89 bits per heavy atom. The molecule has 2 aromatic carbocycles. The molecule has 0 radical (unpaired) electrons. The number of rotatable bonds is 5. The molecule has 1 aliphatic heterocycles. The first-order chi connectivity index (χ1) is 17.7. The van der Waals surface area contributed by atoms with E-state index in [0.717, 1.165) is 17.7 Å². The van der Waals surface area contributed by atoms with E-state index in [1.807, 2.05) is 13.0 Å². The molecule has 3 heterocycles. The number of hydrogen-bond acceptors (Lipinski definition) is 7. The third kappa shape index (κ3) is 5.01. The van der Waals surface area contributed by atoms with E-state index in [1.54, 1.807) is 43.6 Å². The van der Waals surface area contributed by atoms with Gasteiger partial charge in [0.15, 0.2) is 11.5 Å². The smallest absolute Gasteiger partial charge is 0.416 e. The number of nitrogens with one attached hydrogen (secondary N) is 1. The predicted molar refractivity (Wildman–Crippen MR) is 129 cm³/mol. The van der Waals surface area contributed by atoms with Crippen LogP contribution in [-0.4, -0.2) is 20.9 Å². The number of anilines is 1. The summed E-state index contributed by atoms with van der Waals surface area (Å²) < 4.78 is 45.3. The molecule has 0 bridgehead atoms. The van der Waals surface area contributed by atoms with Crippen molar-refractivity contribution in [1.82, 2.24) is 15.0 Å². The highest BCUT2D eigenvalue weighted by Crippen LogP contribution is 2.43. The number of benzene rings is 2. The number of ether oxygens (including phenoxy) is 1. The van der Waals surface area contributed by atoms with Crippen molar-refractivity contribution in [3.8, 4) is 23.0 Å². The summed E-state index contributed by atoms with van der Waals surface area (Å²) in [7, 11) is 0. The molecule has 0 fully saturated rings. The van der Waals surface area contributed by atoms with E-state index >= 15 is 0 Å². The zero-order valence-corrected chi connectivity index (χ0v) is 19.6. The molecule has 5 rings (SSSR count). The monoisotopic (exact) mass is 504 g/mol. The molecule has 1 amide bonds. The molecule has 4 aromatic rings. The maximum absolute atomic E-state index is 13.0. The van der Waals surface area contributed by atoms with Gasteiger partial charge in [0, 0.05) is 35.3 Å². The standard InChI is InChI=1S/C26H19F3N6O2/c1-14-8-9-19(31-24(36)16-5-3-7-18(11-16)26(27,28)29)12-20(14)37-25-22-21(15(2)34-35-22)32-23(33-25)17-6-4-10-30-13-17/h3-13,15H,1-2H3,(H,31,36). The number of amides is 1. The van der Waals surface area contributed by atoms with Crippen LogP contribution in [-0.2, 0) is 6.18 Å². The van der Waals surface area contributed by atoms with Crippen molar-refractivity contribution in [2.45, 2.75) is 26.1 Å². The van der Waals surface area contributed by atoms with Gasteiger partial charge in [-0.15, -0.1) is 5.11 Å². The average Bonchev–Trinajstić information content (AvgIpc) is 3.27. The van der Waals surface area contributed by atoms with Crippen molar-refractivity contribution >= 4 is 17.3 Å². The van der Waals surface area contributed by atoms with E-state index in [4.69, 9.17) is 4.74 Å². The molecule has 8 nitrogen and oxygen atoms in total. The lowest BCUT2D eigenvalue weighted by atomic mass is 10.1. The van der Waals surface area contributed by atoms with Crippen LogP contribution in [0.2, 0.25) is 0 Å². The number of nitrogens with zero attached hydrogens (tertiary/aromatic N) is 5. The van der Waals surface area contributed by atoms with Gasteiger partial charge in [-0.3, -0.25) is 9.78 Å². The van der Waals surface area contributed by atoms with Crippen LogP contribution in [0.25, 0.3) is 11.4 Å². The SMILES string of the molecule is Cc1ccc(NC(=O)c2cccc(C(F)(F)F)c2)cc1Oc1nc(-c2cccnc2)nc2c1N=NC2C. The average molecular weight is 504 g/mol. The summed E-state index contributed by atoms with van der Waals surface area (Å²) in [5.74, 6) is 0.258. The lowest BCUT2D eigenvalue weighted by Crippen LogP contribution is -2.14. The number of hydrogen-bond donors (Lipinski definition) is 1. The summed E-state index contributed by atoms with van der Waals surface area (Å²) in [5, 5.41) is 11.0. The molecule has 1 aliphatic rings. The maximum Gasteiger partial charge on any atom is 0.416 e. The third-order valence-corrected chi connectivity index (χ3v) is 5.63. The fraction of sp³-hybridized carbons (Fsp3) is 0.154. The van der Waals surface area contributed by atoms with Crippen LogP contribution in [0.15, 0.2) is 77.2 Å². The van der Waals surface area contributed by atoms with Crippen molar-refractivity contribution < 1.29 is 22.7 Å². The summed E-state index contributed by atoms with van der Waals surface area (Å²) in [5.41, 5.74) is 1.73. The third-order valence-electron chi connectivity index (χ3n) is 5.63. The molecule has 0 saturated heterocycles. The first-order valence-electron chi connectivity index (χ1n) is 11.2. The summed E-state index contributed by atoms with van der Waals surface area (Å²) in [6, 6.07) is 12.4. The second kappa shape index (κ2) is 9.41. The second-order valence-electron chi connectivity index (χ2n) is 8.33. The molecule has 1 N–H and O–H groups in total. The Balaban J connectivity index is 1.45. The Hall–Kier alpha value is -4.67. The topological polar surface area (TPSA) is 102 Å². The van der Waals surface area contributed by atoms with Gasteiger partial charge in [-0.2, -0.15) is 23.3 Å². The number of aromatic nitrogens is 3. The molecule has 37 heavy (non-hydrogen) atoms. The molecular weight excluding hydrogens is 485 g/mol. The van der Waals surface area contributed by atoms with E-state index in [2.05, 4.69) is 30.5 Å². The Bertz CT molecular complexity index is 1520. The van der Waals surface area contributed by atoms with Gasteiger partial charge < -0.3 is 10.1 Å². The quantitative estimate of drug-likeness (QED) is 0.313. The normalized spacial score (nSPS) is 14.4. The molecule has 11 heteroatoms. The first kappa shape index (κ1) is 24.0. The van der Waals surface area contributed by atoms with Crippen molar-refractivity contribution in [2.24, 2.45) is 10.2 Å². The van der Waals surface area contributed by atoms with E-state index in [1.165, 1.54) is 12.1 Å². The van der Waals surface area contributed by atoms with Crippen LogP contribution in [0, 0.1) is 6.92 Å². The van der Waals surface area contributed by atoms with Crippen LogP contribution in [0.1, 0.15) is 40.1 Å². The van der Waals surface area contributed by atoms with Crippen molar-refractivity contribution in [3.63, 3.8) is 0 Å². The number of carbonyl (C=O) groups excluding carboxylic acids is 1. The van der Waals surface area contributed by atoms with Crippen molar-refractivity contribution in [3.05, 3.63) is 89.4 Å². The van der Waals surface area contributed by atoms with E-state index in [9.17, 15) is 18.0 Å². The molecule has 186 valence electrons. The Morgan fingerprint density at radius 1 is 1.05 bits per heavy atom. The Kier molecular flexibility index (Phi) is 6.12. The van der Waals surface area contributed by atoms with Crippen molar-refractivity contribution in [1.29, 1.82) is 0 Å². The number of halogens is 3. The van der Waals surface area contributed by atoms with E-state index in [-0.39, 0.29) is 17.5 Å². The second-order valence-corrected chi connectivity index (χ2v) is 8.33. The highest BCUT2D eigenvalue weighted by Gasteiger charge is 2.31. The fourth-order valence-electron chi connectivity index (χ4n) is 3.66. The minimum absolute atomic E-state index is 0.123.